The first-order valence-electron chi connectivity index (χ1n) is 7.11. The van der Waals surface area contributed by atoms with Crippen LogP contribution >= 0.6 is 11.6 Å². The monoisotopic (exact) mass is 311 g/mol. The van der Waals surface area contributed by atoms with Gasteiger partial charge in [-0.05, 0) is 36.6 Å². The standard InChI is InChI=1S/C16H22ClNO3/c1-11(7-8-19)10-18-15(20)9-12(2)16(21)13-3-5-14(17)6-4-13/h3-6,11-12,19H,7-10H2,1-2H3,(H,18,20). The van der Waals surface area contributed by atoms with Gasteiger partial charge in [0.25, 0.3) is 0 Å². The van der Waals surface area contributed by atoms with Crippen LogP contribution in [0, 0.1) is 11.8 Å². The summed E-state index contributed by atoms with van der Waals surface area (Å²) in [5.41, 5.74) is 0.563. The second-order valence-corrected chi connectivity index (χ2v) is 5.83. The van der Waals surface area contributed by atoms with Gasteiger partial charge in [-0.3, -0.25) is 9.59 Å². The summed E-state index contributed by atoms with van der Waals surface area (Å²) in [6.07, 6.45) is 0.812. The highest BCUT2D eigenvalue weighted by atomic mass is 35.5. The van der Waals surface area contributed by atoms with Gasteiger partial charge in [-0.2, -0.15) is 0 Å². The van der Waals surface area contributed by atoms with Crippen LogP contribution in [0.25, 0.3) is 0 Å². The maximum Gasteiger partial charge on any atom is 0.220 e. The third-order valence-corrected chi connectivity index (χ3v) is 3.59. The number of ketones is 1. The van der Waals surface area contributed by atoms with Gasteiger partial charge in [0.05, 0.1) is 0 Å². The first-order valence-corrected chi connectivity index (χ1v) is 7.49. The van der Waals surface area contributed by atoms with E-state index in [1.807, 2.05) is 6.92 Å². The Morgan fingerprint density at radius 1 is 1.24 bits per heavy atom. The van der Waals surface area contributed by atoms with Crippen molar-refractivity contribution in [3.63, 3.8) is 0 Å². The van der Waals surface area contributed by atoms with Gasteiger partial charge in [0, 0.05) is 36.1 Å². The summed E-state index contributed by atoms with van der Waals surface area (Å²) >= 11 is 5.78. The second-order valence-electron chi connectivity index (χ2n) is 5.40. The Morgan fingerprint density at radius 2 is 1.86 bits per heavy atom. The molecule has 0 radical (unpaired) electrons. The molecule has 0 bridgehead atoms. The Labute approximate surface area is 130 Å². The summed E-state index contributed by atoms with van der Waals surface area (Å²) in [7, 11) is 0. The fraction of sp³-hybridized carbons (Fsp3) is 0.500. The van der Waals surface area contributed by atoms with Crippen molar-refractivity contribution in [2.75, 3.05) is 13.2 Å². The molecule has 0 spiro atoms. The molecule has 4 nitrogen and oxygen atoms in total. The van der Waals surface area contributed by atoms with E-state index in [2.05, 4.69) is 5.32 Å². The highest BCUT2D eigenvalue weighted by molar-refractivity contribution is 6.30. The Morgan fingerprint density at radius 3 is 2.43 bits per heavy atom. The molecule has 21 heavy (non-hydrogen) atoms. The molecule has 1 rings (SSSR count). The lowest BCUT2D eigenvalue weighted by atomic mass is 9.96. The van der Waals surface area contributed by atoms with Crippen molar-refractivity contribution in [3.05, 3.63) is 34.9 Å². The number of aliphatic hydroxyl groups is 1. The summed E-state index contributed by atoms with van der Waals surface area (Å²) in [5, 5.41) is 12.2. The summed E-state index contributed by atoms with van der Waals surface area (Å²) in [5.74, 6) is -0.361. The van der Waals surface area contributed by atoms with Crippen LogP contribution in [0.5, 0.6) is 0 Å². The molecule has 1 amide bonds. The number of nitrogens with one attached hydrogen (secondary N) is 1. The zero-order valence-electron chi connectivity index (χ0n) is 12.4. The highest BCUT2D eigenvalue weighted by Gasteiger charge is 2.18. The van der Waals surface area contributed by atoms with Gasteiger partial charge in [0.2, 0.25) is 5.91 Å². The van der Waals surface area contributed by atoms with E-state index in [0.717, 1.165) is 0 Å². The maximum absolute atomic E-state index is 12.2. The SMILES string of the molecule is CC(CCO)CNC(=O)CC(C)C(=O)c1ccc(Cl)cc1. The largest absolute Gasteiger partial charge is 0.396 e. The van der Waals surface area contributed by atoms with E-state index < -0.39 is 0 Å². The number of halogens is 1. The Hall–Kier alpha value is -1.39. The first-order chi connectivity index (χ1) is 9.93. The molecule has 0 aromatic heterocycles. The number of Topliss-reactive ketones (excluding diaryl/α,β-unsaturated/α-hetero) is 1. The molecular weight excluding hydrogens is 290 g/mol. The van der Waals surface area contributed by atoms with E-state index in [-0.39, 0.29) is 36.6 Å². The van der Waals surface area contributed by atoms with Crippen LogP contribution in [0.15, 0.2) is 24.3 Å². The minimum atomic E-state index is -0.376. The van der Waals surface area contributed by atoms with Gasteiger partial charge in [-0.1, -0.05) is 25.4 Å². The minimum absolute atomic E-state index is 0.0646. The van der Waals surface area contributed by atoms with Crippen molar-refractivity contribution in [1.82, 2.24) is 5.32 Å². The van der Waals surface area contributed by atoms with Crippen molar-refractivity contribution in [1.29, 1.82) is 0 Å². The van der Waals surface area contributed by atoms with Gasteiger partial charge in [0.15, 0.2) is 5.78 Å². The van der Waals surface area contributed by atoms with Gasteiger partial charge < -0.3 is 10.4 Å². The quantitative estimate of drug-likeness (QED) is 0.725. The number of amides is 1. The third kappa shape index (κ3) is 6.27. The molecule has 1 aromatic carbocycles. The van der Waals surface area contributed by atoms with Crippen molar-refractivity contribution < 1.29 is 14.7 Å². The molecule has 1 aromatic rings. The van der Waals surface area contributed by atoms with Crippen LogP contribution < -0.4 is 5.32 Å². The van der Waals surface area contributed by atoms with E-state index in [1.165, 1.54) is 0 Å². The third-order valence-electron chi connectivity index (χ3n) is 3.34. The molecule has 0 aliphatic carbocycles. The fourth-order valence-corrected chi connectivity index (χ4v) is 2.08. The summed E-state index contributed by atoms with van der Waals surface area (Å²) in [4.78, 5) is 24.0. The van der Waals surface area contributed by atoms with Crippen LogP contribution in [0.1, 0.15) is 37.0 Å². The molecular formula is C16H22ClNO3. The molecule has 0 fully saturated rings. The van der Waals surface area contributed by atoms with Crippen LogP contribution in [-0.2, 0) is 4.79 Å². The molecule has 0 aliphatic rings. The zero-order valence-corrected chi connectivity index (χ0v) is 13.2. The van der Waals surface area contributed by atoms with E-state index in [1.54, 1.807) is 31.2 Å². The summed E-state index contributed by atoms with van der Waals surface area (Å²) in [6, 6.07) is 6.67. The Kier molecular flexibility index (Phi) is 7.40. The molecule has 0 heterocycles. The zero-order chi connectivity index (χ0) is 15.8. The Bertz CT molecular complexity index is 473. The van der Waals surface area contributed by atoms with Crippen molar-refractivity contribution in [2.24, 2.45) is 11.8 Å². The maximum atomic E-state index is 12.2. The van der Waals surface area contributed by atoms with Gasteiger partial charge in [-0.15, -0.1) is 0 Å². The van der Waals surface area contributed by atoms with Crippen molar-refractivity contribution in [2.45, 2.75) is 26.7 Å². The van der Waals surface area contributed by atoms with Gasteiger partial charge in [-0.25, -0.2) is 0 Å². The molecule has 0 saturated carbocycles. The van der Waals surface area contributed by atoms with Crippen LogP contribution in [-0.4, -0.2) is 29.9 Å². The van der Waals surface area contributed by atoms with Crippen LogP contribution in [0.2, 0.25) is 5.02 Å². The fourth-order valence-electron chi connectivity index (χ4n) is 1.95. The lowest BCUT2D eigenvalue weighted by molar-refractivity contribution is -0.121. The smallest absolute Gasteiger partial charge is 0.220 e. The second kappa shape index (κ2) is 8.80. The van der Waals surface area contributed by atoms with Crippen LogP contribution in [0.3, 0.4) is 0 Å². The molecule has 0 saturated heterocycles. The van der Waals surface area contributed by atoms with Gasteiger partial charge >= 0.3 is 0 Å². The number of rotatable bonds is 8. The molecule has 2 N–H and O–H groups in total. The molecule has 2 unspecified atom stereocenters. The number of hydrogen-bond acceptors (Lipinski definition) is 3. The predicted octanol–water partition coefficient (Wildman–Crippen LogP) is 2.68. The number of aliphatic hydroxyl groups excluding tert-OH is 1. The van der Waals surface area contributed by atoms with Crippen molar-refractivity contribution in [3.8, 4) is 0 Å². The lowest BCUT2D eigenvalue weighted by Crippen LogP contribution is -2.31. The molecule has 2 atom stereocenters. The summed E-state index contributed by atoms with van der Waals surface area (Å²) in [6.45, 7) is 4.33. The number of carbonyl (C=O) groups is 2. The lowest BCUT2D eigenvalue weighted by Gasteiger charge is -2.13. The highest BCUT2D eigenvalue weighted by Crippen LogP contribution is 2.15. The van der Waals surface area contributed by atoms with E-state index in [0.29, 0.717) is 23.6 Å². The predicted molar refractivity (Wildman–Crippen MR) is 83.4 cm³/mol. The van der Waals surface area contributed by atoms with Gasteiger partial charge in [0.1, 0.15) is 0 Å². The molecule has 5 heteroatoms. The Balaban J connectivity index is 2.44. The number of benzene rings is 1. The topological polar surface area (TPSA) is 66.4 Å². The normalized spacial score (nSPS) is 13.5. The van der Waals surface area contributed by atoms with E-state index >= 15 is 0 Å². The minimum Gasteiger partial charge on any atom is -0.396 e. The molecule has 116 valence electrons. The number of carbonyl (C=O) groups excluding carboxylic acids is 2. The average Bonchev–Trinajstić information content (AvgIpc) is 2.45. The van der Waals surface area contributed by atoms with E-state index in [4.69, 9.17) is 16.7 Å². The molecule has 0 aliphatic heterocycles. The van der Waals surface area contributed by atoms with Crippen molar-refractivity contribution >= 4 is 23.3 Å². The first kappa shape index (κ1) is 17.7. The number of hydrogen-bond donors (Lipinski definition) is 2. The van der Waals surface area contributed by atoms with E-state index in [9.17, 15) is 9.59 Å². The summed E-state index contributed by atoms with van der Waals surface area (Å²) < 4.78 is 0. The van der Waals surface area contributed by atoms with Crippen LogP contribution in [0.4, 0.5) is 0 Å². The average molecular weight is 312 g/mol.